The van der Waals surface area contributed by atoms with Gasteiger partial charge in [-0.25, -0.2) is 13.2 Å². The molecule has 3 rings (SSSR count). The highest BCUT2D eigenvalue weighted by atomic mass is 32.2. The van der Waals surface area contributed by atoms with Crippen molar-refractivity contribution in [3.63, 3.8) is 0 Å². The van der Waals surface area contributed by atoms with Gasteiger partial charge in [0, 0.05) is 25.3 Å². The van der Waals surface area contributed by atoms with E-state index >= 15 is 0 Å². The number of anilines is 1. The normalized spacial score (nSPS) is 14.1. The van der Waals surface area contributed by atoms with Crippen LogP contribution in [0.1, 0.15) is 30.0 Å². The van der Waals surface area contributed by atoms with E-state index in [1.54, 1.807) is 7.11 Å². The summed E-state index contributed by atoms with van der Waals surface area (Å²) in [7, 11) is -1.60. The summed E-state index contributed by atoms with van der Waals surface area (Å²) in [5, 5.41) is 5.69. The lowest BCUT2D eigenvalue weighted by atomic mass is 10.0. The van der Waals surface area contributed by atoms with Crippen LogP contribution in [0.15, 0.2) is 42.5 Å². The average Bonchev–Trinajstić information content (AvgIpc) is 2.73. The second kappa shape index (κ2) is 9.95. The van der Waals surface area contributed by atoms with Crippen LogP contribution in [0.5, 0.6) is 5.75 Å². The zero-order valence-electron chi connectivity index (χ0n) is 17.5. The zero-order chi connectivity index (χ0) is 21.6. The molecule has 162 valence electrons. The van der Waals surface area contributed by atoms with Gasteiger partial charge in [0.15, 0.2) is 0 Å². The van der Waals surface area contributed by atoms with Crippen molar-refractivity contribution in [3.05, 3.63) is 59.2 Å². The van der Waals surface area contributed by atoms with Crippen molar-refractivity contribution in [3.8, 4) is 5.75 Å². The highest BCUT2D eigenvalue weighted by Crippen LogP contribution is 2.24. The number of amides is 2. The van der Waals surface area contributed by atoms with E-state index in [0.29, 0.717) is 44.6 Å². The Morgan fingerprint density at radius 1 is 1.13 bits per heavy atom. The van der Waals surface area contributed by atoms with Gasteiger partial charge in [-0.3, -0.25) is 0 Å². The Hall–Kier alpha value is -2.58. The molecule has 1 aliphatic heterocycles. The van der Waals surface area contributed by atoms with Gasteiger partial charge in [-0.15, -0.1) is 0 Å². The van der Waals surface area contributed by atoms with Gasteiger partial charge < -0.3 is 15.4 Å². The van der Waals surface area contributed by atoms with E-state index in [2.05, 4.69) is 10.6 Å². The van der Waals surface area contributed by atoms with Crippen LogP contribution in [0.25, 0.3) is 0 Å². The van der Waals surface area contributed by atoms with Crippen LogP contribution in [0.3, 0.4) is 0 Å². The van der Waals surface area contributed by atoms with Crippen molar-refractivity contribution in [2.24, 2.45) is 0 Å². The third-order valence-corrected chi connectivity index (χ3v) is 7.18. The summed E-state index contributed by atoms with van der Waals surface area (Å²) in [6, 6.07) is 13.1. The molecule has 0 unspecified atom stereocenters. The second-order valence-electron chi connectivity index (χ2n) is 7.36. The quantitative estimate of drug-likeness (QED) is 0.672. The van der Waals surface area contributed by atoms with Gasteiger partial charge >= 0.3 is 6.03 Å². The molecule has 0 saturated heterocycles. The Balaban J connectivity index is 1.54. The average molecular weight is 432 g/mol. The fourth-order valence-corrected chi connectivity index (χ4v) is 5.00. The van der Waals surface area contributed by atoms with Crippen LogP contribution < -0.4 is 15.4 Å². The minimum Gasteiger partial charge on any atom is -0.497 e. The van der Waals surface area contributed by atoms with Crippen LogP contribution in [-0.4, -0.2) is 44.7 Å². The highest BCUT2D eigenvalue weighted by molar-refractivity contribution is 7.89. The van der Waals surface area contributed by atoms with E-state index in [-0.39, 0.29) is 11.8 Å². The smallest absolute Gasteiger partial charge is 0.319 e. The van der Waals surface area contributed by atoms with Crippen molar-refractivity contribution in [1.82, 2.24) is 9.62 Å². The number of hydrogen-bond acceptors (Lipinski definition) is 4. The minimum atomic E-state index is -3.23. The van der Waals surface area contributed by atoms with Crippen molar-refractivity contribution in [2.45, 2.75) is 32.7 Å². The number of carbonyl (C=O) groups excluding carboxylic acids is 1. The number of methoxy groups -OCH3 is 1. The zero-order valence-corrected chi connectivity index (χ0v) is 18.3. The molecule has 2 amide bonds. The molecule has 0 fully saturated rings. The summed E-state index contributed by atoms with van der Waals surface area (Å²) < 4.78 is 31.4. The lowest BCUT2D eigenvalue weighted by molar-refractivity contribution is 0.252. The van der Waals surface area contributed by atoms with E-state index in [9.17, 15) is 13.2 Å². The number of hydrogen-bond donors (Lipinski definition) is 2. The Morgan fingerprint density at radius 3 is 2.60 bits per heavy atom. The number of urea groups is 1. The molecular weight excluding hydrogens is 402 g/mol. The predicted molar refractivity (Wildman–Crippen MR) is 118 cm³/mol. The Morgan fingerprint density at radius 2 is 1.90 bits per heavy atom. The molecule has 7 nitrogen and oxygen atoms in total. The summed E-state index contributed by atoms with van der Waals surface area (Å²) >= 11 is 0. The third kappa shape index (κ3) is 5.73. The van der Waals surface area contributed by atoms with Gasteiger partial charge in [0.25, 0.3) is 0 Å². The molecule has 30 heavy (non-hydrogen) atoms. The van der Waals surface area contributed by atoms with E-state index < -0.39 is 10.0 Å². The number of benzene rings is 2. The molecule has 1 aliphatic rings. The third-order valence-electron chi connectivity index (χ3n) is 5.16. The Labute approximate surface area is 178 Å². The maximum atomic E-state index is 12.4. The van der Waals surface area contributed by atoms with Crippen molar-refractivity contribution in [1.29, 1.82) is 0 Å². The van der Waals surface area contributed by atoms with Crippen molar-refractivity contribution in [2.75, 3.05) is 31.3 Å². The monoisotopic (exact) mass is 431 g/mol. The maximum absolute atomic E-state index is 12.4. The summed E-state index contributed by atoms with van der Waals surface area (Å²) in [5.74, 6) is 0.967. The first kappa shape index (κ1) is 22.1. The van der Waals surface area contributed by atoms with Gasteiger partial charge in [-0.1, -0.05) is 25.1 Å². The first-order chi connectivity index (χ1) is 14.4. The van der Waals surface area contributed by atoms with Crippen LogP contribution >= 0.6 is 0 Å². The summed E-state index contributed by atoms with van der Waals surface area (Å²) in [6.07, 6.45) is 2.00. The highest BCUT2D eigenvalue weighted by Gasteiger charge is 2.26. The molecule has 1 heterocycles. The van der Waals surface area contributed by atoms with Gasteiger partial charge in [0.2, 0.25) is 10.0 Å². The Kier molecular flexibility index (Phi) is 7.33. The molecule has 2 N–H and O–H groups in total. The van der Waals surface area contributed by atoms with E-state index in [1.165, 1.54) is 4.31 Å². The largest absolute Gasteiger partial charge is 0.497 e. The molecule has 0 aliphatic carbocycles. The van der Waals surface area contributed by atoms with Gasteiger partial charge in [-0.05, 0) is 60.2 Å². The summed E-state index contributed by atoms with van der Waals surface area (Å²) in [4.78, 5) is 12.2. The lowest BCUT2D eigenvalue weighted by Crippen LogP contribution is -2.37. The molecule has 8 heteroatoms. The van der Waals surface area contributed by atoms with E-state index in [4.69, 9.17) is 4.74 Å². The molecule has 0 spiro atoms. The molecule has 2 aromatic rings. The predicted octanol–water partition coefficient (Wildman–Crippen LogP) is 3.16. The van der Waals surface area contributed by atoms with Crippen molar-refractivity contribution < 1.29 is 17.9 Å². The molecule has 0 atom stereocenters. The number of sulfonamides is 1. The first-order valence-corrected chi connectivity index (χ1v) is 11.8. The molecule has 0 bridgehead atoms. The molecular formula is C22H29N3O4S. The van der Waals surface area contributed by atoms with Crippen LogP contribution in [0, 0.1) is 0 Å². The van der Waals surface area contributed by atoms with Crippen LogP contribution in [0.2, 0.25) is 0 Å². The molecule has 2 aromatic carbocycles. The SMILES string of the molecule is CCCS(=O)(=O)N1CCc2ccc(NC(=O)NCCc3ccc(OC)cc3)cc2C1. The van der Waals surface area contributed by atoms with Gasteiger partial charge in [-0.2, -0.15) is 4.31 Å². The number of carbonyl (C=O) groups is 1. The molecule has 0 saturated carbocycles. The van der Waals surface area contributed by atoms with Crippen LogP contribution in [0.4, 0.5) is 10.5 Å². The van der Waals surface area contributed by atoms with Gasteiger partial charge in [0.05, 0.1) is 12.9 Å². The number of nitrogens with zero attached hydrogens (tertiary/aromatic N) is 1. The van der Waals surface area contributed by atoms with Gasteiger partial charge in [0.1, 0.15) is 5.75 Å². The maximum Gasteiger partial charge on any atom is 0.319 e. The topological polar surface area (TPSA) is 87.7 Å². The van der Waals surface area contributed by atoms with E-state index in [1.807, 2.05) is 49.4 Å². The fraction of sp³-hybridized carbons (Fsp3) is 0.409. The molecule has 0 radical (unpaired) electrons. The fourth-order valence-electron chi connectivity index (χ4n) is 3.52. The number of rotatable bonds is 8. The Bertz CT molecular complexity index is 974. The number of nitrogens with one attached hydrogen (secondary N) is 2. The molecule has 0 aromatic heterocycles. The first-order valence-electron chi connectivity index (χ1n) is 10.2. The number of ether oxygens (including phenoxy) is 1. The second-order valence-corrected chi connectivity index (χ2v) is 9.45. The minimum absolute atomic E-state index is 0.164. The number of fused-ring (bicyclic) bond motifs is 1. The van der Waals surface area contributed by atoms with E-state index in [0.717, 1.165) is 22.4 Å². The van der Waals surface area contributed by atoms with Crippen LogP contribution in [-0.2, 0) is 29.4 Å². The lowest BCUT2D eigenvalue weighted by Gasteiger charge is -2.28. The summed E-state index contributed by atoms with van der Waals surface area (Å²) in [5.41, 5.74) is 3.84. The summed E-state index contributed by atoms with van der Waals surface area (Å²) in [6.45, 7) is 3.23. The van der Waals surface area contributed by atoms with Crippen molar-refractivity contribution >= 4 is 21.7 Å². The standard InChI is InChI=1S/C22H29N3O4S/c1-3-14-30(27,28)25-13-11-18-6-7-20(15-19(18)16-25)24-22(26)23-12-10-17-4-8-21(29-2)9-5-17/h4-9,15H,3,10-14,16H2,1-2H3,(H2,23,24,26).